The Hall–Kier alpha value is -3.00. The molecule has 8 heteroatoms. The molecule has 3 aromatic rings. The molecule has 6 rings (SSSR count). The molecule has 1 amide bonds. The van der Waals surface area contributed by atoms with Gasteiger partial charge in [-0.1, -0.05) is 30.3 Å². The molecule has 160 valence electrons. The van der Waals surface area contributed by atoms with Crippen molar-refractivity contribution in [1.29, 1.82) is 0 Å². The molecule has 3 aliphatic rings. The maximum Gasteiger partial charge on any atom is 0.274 e. The number of carbonyl (C=O) groups is 1. The van der Waals surface area contributed by atoms with Gasteiger partial charge in [0.05, 0.1) is 0 Å². The highest BCUT2D eigenvalue weighted by Gasteiger charge is 2.57. The summed E-state index contributed by atoms with van der Waals surface area (Å²) in [6.07, 6.45) is 4.20. The van der Waals surface area contributed by atoms with Crippen LogP contribution in [0.3, 0.4) is 0 Å². The van der Waals surface area contributed by atoms with Gasteiger partial charge in [-0.3, -0.25) is 19.5 Å². The van der Waals surface area contributed by atoms with Crippen molar-refractivity contribution >= 4 is 5.91 Å². The average molecular weight is 418 g/mol. The van der Waals surface area contributed by atoms with E-state index in [1.807, 2.05) is 18.1 Å². The molecular weight excluding hydrogens is 390 g/mol. The maximum atomic E-state index is 12.9. The third-order valence-corrected chi connectivity index (χ3v) is 6.99. The van der Waals surface area contributed by atoms with Crippen LogP contribution >= 0.6 is 0 Å². The zero-order valence-electron chi connectivity index (χ0n) is 17.7. The molecule has 1 atom stereocenters. The highest BCUT2D eigenvalue weighted by molar-refractivity contribution is 5.93. The third kappa shape index (κ3) is 3.35. The van der Waals surface area contributed by atoms with Crippen LogP contribution in [0.15, 0.2) is 42.6 Å². The lowest BCUT2D eigenvalue weighted by Crippen LogP contribution is -2.61. The SMILES string of the molecule is Cn1ccc(C(=O)N2CC3(CN(Cc4ccccc4)CC3c3nc(C4CC4)n[nH]3)C2)n1. The van der Waals surface area contributed by atoms with Crippen LogP contribution in [0.4, 0.5) is 0 Å². The topological polar surface area (TPSA) is 82.9 Å². The number of nitrogens with zero attached hydrogens (tertiary/aromatic N) is 6. The van der Waals surface area contributed by atoms with Crippen LogP contribution < -0.4 is 0 Å². The second-order valence-electron chi connectivity index (χ2n) is 9.46. The molecule has 3 fully saturated rings. The molecule has 2 aromatic heterocycles. The number of carbonyl (C=O) groups excluding carboxylic acids is 1. The van der Waals surface area contributed by atoms with Crippen molar-refractivity contribution in [2.75, 3.05) is 26.2 Å². The number of hydrogen-bond donors (Lipinski definition) is 1. The van der Waals surface area contributed by atoms with Crippen LogP contribution in [0.2, 0.25) is 0 Å². The van der Waals surface area contributed by atoms with Crippen molar-refractivity contribution in [3.05, 3.63) is 65.5 Å². The van der Waals surface area contributed by atoms with Gasteiger partial charge in [0.25, 0.3) is 5.91 Å². The minimum atomic E-state index is 0.0135. The van der Waals surface area contributed by atoms with Crippen molar-refractivity contribution in [1.82, 2.24) is 34.8 Å². The zero-order chi connectivity index (χ0) is 21.0. The van der Waals surface area contributed by atoms with E-state index < -0.39 is 0 Å². The van der Waals surface area contributed by atoms with Crippen LogP contribution in [0.1, 0.15) is 52.4 Å². The zero-order valence-corrected chi connectivity index (χ0v) is 17.7. The van der Waals surface area contributed by atoms with Gasteiger partial charge in [0.1, 0.15) is 11.5 Å². The van der Waals surface area contributed by atoms with Gasteiger partial charge in [-0.25, -0.2) is 4.98 Å². The Bertz CT molecular complexity index is 1090. The second kappa shape index (κ2) is 7.02. The van der Waals surface area contributed by atoms with Crippen molar-refractivity contribution < 1.29 is 4.79 Å². The Morgan fingerprint density at radius 2 is 1.97 bits per heavy atom. The van der Waals surface area contributed by atoms with Crippen LogP contribution in [-0.2, 0) is 13.6 Å². The summed E-state index contributed by atoms with van der Waals surface area (Å²) in [6.45, 7) is 4.27. The first-order chi connectivity index (χ1) is 15.1. The molecule has 1 aliphatic carbocycles. The number of benzene rings is 1. The summed E-state index contributed by atoms with van der Waals surface area (Å²) in [7, 11) is 1.84. The van der Waals surface area contributed by atoms with Gasteiger partial charge in [-0.15, -0.1) is 0 Å². The molecule has 0 radical (unpaired) electrons. The molecule has 8 nitrogen and oxygen atoms in total. The fourth-order valence-electron chi connectivity index (χ4n) is 5.25. The Morgan fingerprint density at radius 1 is 1.16 bits per heavy atom. The number of aromatic amines is 1. The fourth-order valence-corrected chi connectivity index (χ4v) is 5.25. The largest absolute Gasteiger partial charge is 0.336 e. The number of rotatable bonds is 5. The molecule has 1 spiro atoms. The predicted octanol–water partition coefficient (Wildman–Crippen LogP) is 2.16. The summed E-state index contributed by atoms with van der Waals surface area (Å²) >= 11 is 0. The second-order valence-corrected chi connectivity index (χ2v) is 9.46. The van der Waals surface area contributed by atoms with Gasteiger partial charge < -0.3 is 4.90 Å². The quantitative estimate of drug-likeness (QED) is 0.688. The number of aryl methyl sites for hydroxylation is 1. The Morgan fingerprint density at radius 3 is 2.68 bits per heavy atom. The van der Waals surface area contributed by atoms with Gasteiger partial charge in [0, 0.05) is 63.2 Å². The molecule has 2 aliphatic heterocycles. The van der Waals surface area contributed by atoms with Gasteiger partial charge in [0.15, 0.2) is 5.82 Å². The highest BCUT2D eigenvalue weighted by atomic mass is 16.2. The molecule has 0 bridgehead atoms. The first-order valence-corrected chi connectivity index (χ1v) is 11.1. The third-order valence-electron chi connectivity index (χ3n) is 6.99. The molecule has 1 aromatic carbocycles. The summed E-state index contributed by atoms with van der Waals surface area (Å²) in [4.78, 5) is 22.2. The highest BCUT2D eigenvalue weighted by Crippen LogP contribution is 2.49. The van der Waals surface area contributed by atoms with E-state index in [1.165, 1.54) is 18.4 Å². The number of hydrogen-bond acceptors (Lipinski definition) is 5. The standard InChI is InChI=1S/C23H27N7O/c1-28-10-9-19(27-28)22(31)30-14-23(15-30)13-29(11-16-5-3-2-4-6-16)12-18(23)21-24-20(25-26-21)17-7-8-17/h2-6,9-10,17-18H,7-8,11-15H2,1H3,(H,24,25,26). The van der Waals surface area contributed by atoms with E-state index in [1.54, 1.807) is 10.7 Å². The Balaban J connectivity index is 1.23. The van der Waals surface area contributed by atoms with Crippen molar-refractivity contribution in [2.24, 2.45) is 12.5 Å². The lowest BCUT2D eigenvalue weighted by atomic mass is 9.71. The molecule has 1 N–H and O–H groups in total. The predicted molar refractivity (Wildman–Crippen MR) is 114 cm³/mol. The van der Waals surface area contributed by atoms with E-state index >= 15 is 0 Å². The number of likely N-dealkylation sites (tertiary alicyclic amines) is 2. The van der Waals surface area contributed by atoms with E-state index in [4.69, 9.17) is 4.98 Å². The van der Waals surface area contributed by atoms with E-state index in [2.05, 4.69) is 50.5 Å². The van der Waals surface area contributed by atoms with Crippen molar-refractivity contribution in [2.45, 2.75) is 31.2 Å². The van der Waals surface area contributed by atoms with E-state index in [-0.39, 0.29) is 17.2 Å². The molecule has 31 heavy (non-hydrogen) atoms. The average Bonchev–Trinajstić information content (AvgIpc) is 3.15. The lowest BCUT2D eigenvalue weighted by Gasteiger charge is -2.50. The lowest BCUT2D eigenvalue weighted by molar-refractivity contribution is 0.00131. The van der Waals surface area contributed by atoms with Crippen molar-refractivity contribution in [3.8, 4) is 0 Å². The minimum absolute atomic E-state index is 0.0135. The minimum Gasteiger partial charge on any atom is -0.336 e. The molecule has 2 saturated heterocycles. The summed E-state index contributed by atoms with van der Waals surface area (Å²) in [5, 5.41) is 12.1. The fraction of sp³-hybridized carbons (Fsp3) is 0.478. The molecule has 1 unspecified atom stereocenters. The Kier molecular flexibility index (Phi) is 4.24. The Labute approximate surface area is 181 Å². The summed E-state index contributed by atoms with van der Waals surface area (Å²) in [5.41, 5.74) is 1.85. The summed E-state index contributed by atoms with van der Waals surface area (Å²) in [6, 6.07) is 12.4. The number of amides is 1. The van der Waals surface area contributed by atoms with Gasteiger partial charge in [0.2, 0.25) is 0 Å². The van der Waals surface area contributed by atoms with Crippen molar-refractivity contribution in [3.63, 3.8) is 0 Å². The van der Waals surface area contributed by atoms with Gasteiger partial charge >= 0.3 is 0 Å². The monoisotopic (exact) mass is 417 g/mol. The van der Waals surface area contributed by atoms with Crippen LogP contribution in [0, 0.1) is 5.41 Å². The normalized spacial score (nSPS) is 22.7. The van der Waals surface area contributed by atoms with E-state index in [0.29, 0.717) is 11.6 Å². The number of nitrogens with one attached hydrogen (secondary N) is 1. The van der Waals surface area contributed by atoms with Gasteiger partial charge in [-0.05, 0) is 24.5 Å². The maximum absolute atomic E-state index is 12.9. The smallest absolute Gasteiger partial charge is 0.274 e. The van der Waals surface area contributed by atoms with Gasteiger partial charge in [-0.2, -0.15) is 10.2 Å². The number of aromatic nitrogens is 5. The molecule has 4 heterocycles. The molecular formula is C23H27N7O. The van der Waals surface area contributed by atoms with Crippen LogP contribution in [0.5, 0.6) is 0 Å². The van der Waals surface area contributed by atoms with Crippen LogP contribution in [0.25, 0.3) is 0 Å². The van der Waals surface area contributed by atoms with E-state index in [9.17, 15) is 4.79 Å². The summed E-state index contributed by atoms with van der Waals surface area (Å²) < 4.78 is 1.68. The molecule has 1 saturated carbocycles. The van der Waals surface area contributed by atoms with Crippen LogP contribution in [-0.4, -0.2) is 66.8 Å². The van der Waals surface area contributed by atoms with E-state index in [0.717, 1.165) is 44.4 Å². The summed E-state index contributed by atoms with van der Waals surface area (Å²) in [5.74, 6) is 2.76. The number of H-pyrrole nitrogens is 1. The first-order valence-electron chi connectivity index (χ1n) is 11.1. The first kappa shape index (κ1) is 18.7.